The van der Waals surface area contributed by atoms with Gasteiger partial charge in [-0.15, -0.1) is 0 Å². The third kappa shape index (κ3) is 4.54. The number of amides is 1. The maximum atomic E-state index is 13.3. The molecular weight excluding hydrogens is 384 g/mol. The summed E-state index contributed by atoms with van der Waals surface area (Å²) in [5.74, 6) is 0.192. The Morgan fingerprint density at radius 3 is 2.45 bits per heavy atom. The normalized spacial score (nSPS) is 19.9. The second-order valence-electron chi connectivity index (χ2n) is 8.53. The Labute approximate surface area is 184 Å². The Kier molecular flexibility index (Phi) is 6.47. The second kappa shape index (κ2) is 9.44. The summed E-state index contributed by atoms with van der Waals surface area (Å²) < 4.78 is 0. The number of aliphatic hydroxyl groups excluding tert-OH is 1. The number of nitrogens with zero attached hydrogens (tertiary/aromatic N) is 2. The van der Waals surface area contributed by atoms with E-state index in [1.807, 2.05) is 35.4 Å². The molecule has 4 heteroatoms. The average molecular weight is 415 g/mol. The lowest BCUT2D eigenvalue weighted by Gasteiger charge is -2.44. The van der Waals surface area contributed by atoms with Crippen LogP contribution in [0.5, 0.6) is 0 Å². The topological polar surface area (TPSA) is 53.4 Å². The zero-order valence-electron chi connectivity index (χ0n) is 18.1. The summed E-state index contributed by atoms with van der Waals surface area (Å²) in [6.07, 6.45) is 6.60. The molecule has 160 valence electrons. The minimum Gasteiger partial charge on any atom is -0.396 e. The molecule has 1 fully saturated rings. The van der Waals surface area contributed by atoms with Crippen LogP contribution in [0.1, 0.15) is 49.8 Å². The number of aromatic nitrogens is 1. The summed E-state index contributed by atoms with van der Waals surface area (Å²) in [4.78, 5) is 19.5. The Hall–Kier alpha value is -2.98. The first kappa shape index (κ1) is 21.3. The first-order valence-corrected chi connectivity index (χ1v) is 11.1. The molecule has 4 nitrogen and oxygen atoms in total. The lowest BCUT2D eigenvalue weighted by atomic mass is 9.69. The van der Waals surface area contributed by atoms with Crippen LogP contribution in [0, 0.1) is 0 Å². The van der Waals surface area contributed by atoms with Crippen molar-refractivity contribution in [3.63, 3.8) is 0 Å². The monoisotopic (exact) mass is 414 g/mol. The minimum absolute atomic E-state index is 0.0297. The highest BCUT2D eigenvalue weighted by atomic mass is 16.3. The standard InChI is InChI=1S/C27H30N2O2/c1-21(22-10-12-23(13-11-22)24-7-5-16-28-20-24)29-17-15-27(14-6-18-30,19-26(29)31)25-8-3-2-4-9-25/h2-5,7-13,16,20-21,30H,6,14-15,17-19H2,1H3/t21-,27?/m0/s1. The molecule has 2 atom stereocenters. The van der Waals surface area contributed by atoms with Gasteiger partial charge in [0.15, 0.2) is 0 Å². The molecule has 1 saturated heterocycles. The molecule has 1 aliphatic heterocycles. The van der Waals surface area contributed by atoms with Crippen LogP contribution in [0.3, 0.4) is 0 Å². The lowest BCUT2D eigenvalue weighted by Crippen LogP contribution is -2.47. The zero-order chi connectivity index (χ0) is 21.7. The highest BCUT2D eigenvalue weighted by molar-refractivity contribution is 5.79. The van der Waals surface area contributed by atoms with E-state index in [0.717, 1.165) is 36.1 Å². The van der Waals surface area contributed by atoms with E-state index in [2.05, 4.69) is 54.4 Å². The molecule has 2 aromatic carbocycles. The molecule has 3 aromatic rings. The molecule has 31 heavy (non-hydrogen) atoms. The van der Waals surface area contributed by atoms with Crippen molar-refractivity contribution in [3.05, 3.63) is 90.3 Å². The van der Waals surface area contributed by atoms with Crippen LogP contribution in [0.4, 0.5) is 0 Å². The van der Waals surface area contributed by atoms with Crippen LogP contribution in [0.15, 0.2) is 79.1 Å². The number of rotatable bonds is 7. The fourth-order valence-corrected chi connectivity index (χ4v) is 4.83. The predicted molar refractivity (Wildman–Crippen MR) is 123 cm³/mol. The summed E-state index contributed by atoms with van der Waals surface area (Å²) in [6, 6.07) is 22.8. The zero-order valence-corrected chi connectivity index (χ0v) is 18.1. The first-order valence-electron chi connectivity index (χ1n) is 11.1. The lowest BCUT2D eigenvalue weighted by molar-refractivity contribution is -0.138. The van der Waals surface area contributed by atoms with Crippen molar-refractivity contribution in [2.24, 2.45) is 0 Å². The Bertz CT molecular complexity index is 989. The molecule has 4 rings (SSSR count). The van der Waals surface area contributed by atoms with Crippen LogP contribution >= 0.6 is 0 Å². The van der Waals surface area contributed by atoms with E-state index < -0.39 is 0 Å². The summed E-state index contributed by atoms with van der Waals surface area (Å²) in [6.45, 7) is 3.00. The molecule has 0 saturated carbocycles. The molecule has 1 aromatic heterocycles. The van der Waals surface area contributed by atoms with Gasteiger partial charge in [0.25, 0.3) is 0 Å². The SMILES string of the molecule is C[C@@H](c1ccc(-c2cccnc2)cc1)N1CCC(CCCO)(c2ccccc2)CC1=O. The largest absolute Gasteiger partial charge is 0.396 e. The quantitative estimate of drug-likeness (QED) is 0.582. The van der Waals surface area contributed by atoms with Gasteiger partial charge in [-0.25, -0.2) is 0 Å². The summed E-state index contributed by atoms with van der Waals surface area (Å²) >= 11 is 0. The van der Waals surface area contributed by atoms with Gasteiger partial charge in [-0.1, -0.05) is 60.7 Å². The van der Waals surface area contributed by atoms with Crippen LogP contribution in [-0.2, 0) is 10.2 Å². The Morgan fingerprint density at radius 2 is 1.81 bits per heavy atom. The highest BCUT2D eigenvalue weighted by Crippen LogP contribution is 2.42. The molecular formula is C27H30N2O2. The van der Waals surface area contributed by atoms with Crippen molar-refractivity contribution < 1.29 is 9.90 Å². The van der Waals surface area contributed by atoms with Crippen molar-refractivity contribution in [2.75, 3.05) is 13.2 Å². The van der Waals surface area contributed by atoms with Gasteiger partial charge >= 0.3 is 0 Å². The van der Waals surface area contributed by atoms with Crippen molar-refractivity contribution in [2.45, 2.75) is 44.1 Å². The molecule has 2 heterocycles. The van der Waals surface area contributed by atoms with Crippen molar-refractivity contribution in [1.29, 1.82) is 0 Å². The number of pyridine rings is 1. The van der Waals surface area contributed by atoms with E-state index in [1.165, 1.54) is 5.56 Å². The molecule has 1 aliphatic rings. The first-order chi connectivity index (χ1) is 15.1. The summed E-state index contributed by atoms with van der Waals surface area (Å²) in [7, 11) is 0. The van der Waals surface area contributed by atoms with Gasteiger partial charge in [-0.05, 0) is 54.5 Å². The van der Waals surface area contributed by atoms with Crippen LogP contribution in [0.2, 0.25) is 0 Å². The van der Waals surface area contributed by atoms with E-state index in [1.54, 1.807) is 6.20 Å². The van der Waals surface area contributed by atoms with Crippen LogP contribution in [-0.4, -0.2) is 34.0 Å². The number of likely N-dealkylation sites (tertiary alicyclic amines) is 1. The Morgan fingerprint density at radius 1 is 1.03 bits per heavy atom. The third-order valence-corrected chi connectivity index (χ3v) is 6.70. The van der Waals surface area contributed by atoms with E-state index >= 15 is 0 Å². The van der Waals surface area contributed by atoms with E-state index in [9.17, 15) is 9.90 Å². The van der Waals surface area contributed by atoms with Gasteiger partial charge in [0.2, 0.25) is 5.91 Å². The molecule has 1 N–H and O–H groups in total. The van der Waals surface area contributed by atoms with Gasteiger partial charge in [0.1, 0.15) is 0 Å². The predicted octanol–water partition coefficient (Wildman–Crippen LogP) is 5.14. The number of piperidine rings is 1. The molecule has 0 bridgehead atoms. The smallest absolute Gasteiger partial charge is 0.223 e. The maximum absolute atomic E-state index is 13.3. The second-order valence-corrected chi connectivity index (χ2v) is 8.53. The van der Waals surface area contributed by atoms with Crippen molar-refractivity contribution in [1.82, 2.24) is 9.88 Å². The number of carbonyl (C=O) groups is 1. The van der Waals surface area contributed by atoms with Gasteiger partial charge in [-0.2, -0.15) is 0 Å². The molecule has 0 aliphatic carbocycles. The summed E-state index contributed by atoms with van der Waals surface area (Å²) in [5.41, 5.74) is 4.39. The third-order valence-electron chi connectivity index (χ3n) is 6.70. The van der Waals surface area contributed by atoms with Crippen molar-refractivity contribution in [3.8, 4) is 11.1 Å². The van der Waals surface area contributed by atoms with Gasteiger partial charge in [-0.3, -0.25) is 9.78 Å². The van der Waals surface area contributed by atoms with Gasteiger partial charge in [0.05, 0.1) is 6.04 Å². The molecule has 0 radical (unpaired) electrons. The fourth-order valence-electron chi connectivity index (χ4n) is 4.83. The van der Waals surface area contributed by atoms with Gasteiger partial charge < -0.3 is 10.0 Å². The number of hydrogen-bond donors (Lipinski definition) is 1. The van der Waals surface area contributed by atoms with Crippen LogP contribution in [0.25, 0.3) is 11.1 Å². The fraction of sp³-hybridized carbons (Fsp3) is 0.333. The van der Waals surface area contributed by atoms with E-state index in [-0.39, 0.29) is 24.0 Å². The molecule has 1 unspecified atom stereocenters. The summed E-state index contributed by atoms with van der Waals surface area (Å²) in [5, 5.41) is 9.42. The van der Waals surface area contributed by atoms with E-state index in [4.69, 9.17) is 0 Å². The Balaban J connectivity index is 1.51. The van der Waals surface area contributed by atoms with E-state index in [0.29, 0.717) is 12.8 Å². The molecule has 0 spiro atoms. The van der Waals surface area contributed by atoms with Crippen LogP contribution < -0.4 is 0 Å². The van der Waals surface area contributed by atoms with Gasteiger partial charge in [0, 0.05) is 37.4 Å². The number of benzene rings is 2. The maximum Gasteiger partial charge on any atom is 0.223 e. The molecule has 1 amide bonds. The number of hydrogen-bond acceptors (Lipinski definition) is 3. The average Bonchev–Trinajstić information content (AvgIpc) is 2.83. The number of aliphatic hydroxyl groups is 1. The minimum atomic E-state index is -0.179. The van der Waals surface area contributed by atoms with Crippen molar-refractivity contribution >= 4 is 5.91 Å². The number of carbonyl (C=O) groups excluding carboxylic acids is 1. The highest BCUT2D eigenvalue weighted by Gasteiger charge is 2.41.